The van der Waals surface area contributed by atoms with Gasteiger partial charge in [-0.15, -0.1) is 0 Å². The first-order valence-electron chi connectivity index (χ1n) is 9.02. The zero-order valence-electron chi connectivity index (χ0n) is 14.2. The van der Waals surface area contributed by atoms with E-state index < -0.39 is 0 Å². The number of nitrogens with zero attached hydrogens (tertiary/aromatic N) is 2. The average Bonchev–Trinajstić information content (AvgIpc) is 3.33. The molecule has 2 aromatic rings. The summed E-state index contributed by atoms with van der Waals surface area (Å²) < 4.78 is 0. The highest BCUT2D eigenvalue weighted by Crippen LogP contribution is 2.28. The predicted octanol–water partition coefficient (Wildman–Crippen LogP) is 3.33. The van der Waals surface area contributed by atoms with Crippen LogP contribution in [0.25, 0.3) is 11.3 Å². The van der Waals surface area contributed by atoms with Gasteiger partial charge in [0.05, 0.1) is 17.5 Å². The van der Waals surface area contributed by atoms with Crippen molar-refractivity contribution in [2.45, 2.75) is 31.7 Å². The van der Waals surface area contributed by atoms with Crippen molar-refractivity contribution in [3.8, 4) is 11.3 Å². The van der Waals surface area contributed by atoms with E-state index in [1.54, 1.807) is 6.20 Å². The summed E-state index contributed by atoms with van der Waals surface area (Å²) in [6.45, 7) is 2.72. The SMILES string of the molecule is O=C(c1cn[nH]c1-c1cccc(Cl)c1)N1CCC(NCC2CC2)CC1. The molecule has 2 heterocycles. The summed E-state index contributed by atoms with van der Waals surface area (Å²) in [5, 5.41) is 11.3. The number of aromatic amines is 1. The molecule has 0 bridgehead atoms. The van der Waals surface area contributed by atoms with E-state index in [1.165, 1.54) is 12.8 Å². The first kappa shape index (κ1) is 16.6. The topological polar surface area (TPSA) is 61.0 Å². The third-order valence-corrected chi connectivity index (χ3v) is 5.39. The molecule has 2 aliphatic rings. The smallest absolute Gasteiger partial charge is 0.257 e. The second kappa shape index (κ2) is 7.18. The lowest BCUT2D eigenvalue weighted by atomic mass is 10.0. The fourth-order valence-electron chi connectivity index (χ4n) is 3.42. The molecule has 1 saturated heterocycles. The Morgan fingerprint density at radius 3 is 2.80 bits per heavy atom. The Kier molecular flexibility index (Phi) is 4.77. The van der Waals surface area contributed by atoms with Crippen LogP contribution in [0.4, 0.5) is 0 Å². The highest BCUT2D eigenvalue weighted by Gasteiger charge is 2.28. The maximum atomic E-state index is 12.9. The summed E-state index contributed by atoms with van der Waals surface area (Å²) in [6.07, 6.45) is 6.40. The van der Waals surface area contributed by atoms with Crippen LogP contribution in [0.1, 0.15) is 36.0 Å². The molecule has 1 saturated carbocycles. The Hall–Kier alpha value is -1.85. The molecule has 2 fully saturated rings. The van der Waals surface area contributed by atoms with Crippen LogP contribution in [0, 0.1) is 5.92 Å². The Morgan fingerprint density at radius 1 is 1.28 bits per heavy atom. The Bertz CT molecular complexity index is 747. The molecule has 5 nitrogen and oxygen atoms in total. The van der Waals surface area contributed by atoms with E-state index in [4.69, 9.17) is 11.6 Å². The number of likely N-dealkylation sites (tertiary alicyclic amines) is 1. The van der Waals surface area contributed by atoms with Gasteiger partial charge >= 0.3 is 0 Å². The molecule has 0 spiro atoms. The number of carbonyl (C=O) groups is 1. The fourth-order valence-corrected chi connectivity index (χ4v) is 3.61. The van der Waals surface area contributed by atoms with Crippen LogP contribution in [0.15, 0.2) is 30.5 Å². The number of halogens is 1. The maximum absolute atomic E-state index is 12.9. The molecule has 25 heavy (non-hydrogen) atoms. The zero-order chi connectivity index (χ0) is 17.2. The van der Waals surface area contributed by atoms with E-state index in [0.29, 0.717) is 16.6 Å². The van der Waals surface area contributed by atoms with Crippen molar-refractivity contribution in [1.82, 2.24) is 20.4 Å². The van der Waals surface area contributed by atoms with Crippen molar-refractivity contribution in [1.29, 1.82) is 0 Å². The van der Waals surface area contributed by atoms with Crippen LogP contribution in [0.3, 0.4) is 0 Å². The molecule has 1 aliphatic heterocycles. The van der Waals surface area contributed by atoms with Crippen LogP contribution in [-0.2, 0) is 0 Å². The molecular weight excluding hydrogens is 336 g/mol. The Labute approximate surface area is 152 Å². The maximum Gasteiger partial charge on any atom is 0.257 e. The molecule has 6 heteroatoms. The van der Waals surface area contributed by atoms with E-state index in [1.807, 2.05) is 29.2 Å². The molecule has 1 amide bonds. The number of rotatable bonds is 5. The first-order valence-corrected chi connectivity index (χ1v) is 9.40. The normalized spacial score (nSPS) is 18.5. The second-order valence-corrected chi connectivity index (χ2v) is 7.52. The van der Waals surface area contributed by atoms with Crippen LogP contribution >= 0.6 is 11.6 Å². The minimum Gasteiger partial charge on any atom is -0.338 e. The van der Waals surface area contributed by atoms with Gasteiger partial charge in [0.2, 0.25) is 0 Å². The number of nitrogens with one attached hydrogen (secondary N) is 2. The van der Waals surface area contributed by atoms with Crippen molar-refractivity contribution in [3.05, 3.63) is 41.0 Å². The number of amides is 1. The van der Waals surface area contributed by atoms with Gasteiger partial charge in [0.25, 0.3) is 5.91 Å². The van der Waals surface area contributed by atoms with Gasteiger partial charge in [-0.3, -0.25) is 9.89 Å². The number of aromatic nitrogens is 2. The van der Waals surface area contributed by atoms with Crippen molar-refractivity contribution < 1.29 is 4.79 Å². The zero-order valence-corrected chi connectivity index (χ0v) is 14.9. The number of H-pyrrole nitrogens is 1. The molecule has 0 radical (unpaired) electrons. The predicted molar refractivity (Wildman–Crippen MR) is 98.7 cm³/mol. The molecular formula is C19H23ClN4O. The van der Waals surface area contributed by atoms with Gasteiger partial charge in [-0.2, -0.15) is 5.10 Å². The lowest BCUT2D eigenvalue weighted by Crippen LogP contribution is -2.45. The van der Waals surface area contributed by atoms with Crippen LogP contribution in [-0.4, -0.2) is 46.7 Å². The van der Waals surface area contributed by atoms with Crippen molar-refractivity contribution in [2.75, 3.05) is 19.6 Å². The van der Waals surface area contributed by atoms with Gasteiger partial charge in [-0.1, -0.05) is 23.7 Å². The second-order valence-electron chi connectivity index (χ2n) is 7.09. The lowest BCUT2D eigenvalue weighted by Gasteiger charge is -2.32. The summed E-state index contributed by atoms with van der Waals surface area (Å²) in [6, 6.07) is 8.03. The third kappa shape index (κ3) is 3.88. The van der Waals surface area contributed by atoms with Gasteiger partial charge in [-0.05, 0) is 50.3 Å². The Morgan fingerprint density at radius 2 is 2.08 bits per heavy atom. The van der Waals surface area contributed by atoms with Gasteiger partial charge in [-0.25, -0.2) is 0 Å². The standard InChI is InChI=1S/C19H23ClN4O/c20-15-3-1-2-14(10-15)18-17(12-22-23-18)19(25)24-8-6-16(7-9-24)21-11-13-4-5-13/h1-3,10,12-13,16,21H,4-9,11H2,(H,22,23). The minimum absolute atomic E-state index is 0.0457. The third-order valence-electron chi connectivity index (χ3n) is 5.16. The number of hydrogen-bond acceptors (Lipinski definition) is 3. The van der Waals surface area contributed by atoms with E-state index >= 15 is 0 Å². The molecule has 132 valence electrons. The highest BCUT2D eigenvalue weighted by molar-refractivity contribution is 6.30. The average molecular weight is 359 g/mol. The van der Waals surface area contributed by atoms with Crippen LogP contribution in [0.2, 0.25) is 5.02 Å². The number of carbonyl (C=O) groups excluding carboxylic acids is 1. The molecule has 2 N–H and O–H groups in total. The first-order chi connectivity index (χ1) is 12.2. The van der Waals surface area contributed by atoms with Crippen molar-refractivity contribution in [3.63, 3.8) is 0 Å². The van der Waals surface area contributed by atoms with Crippen molar-refractivity contribution in [2.24, 2.45) is 5.92 Å². The Balaban J connectivity index is 1.41. The number of benzene rings is 1. The molecule has 1 aromatic heterocycles. The van der Waals surface area contributed by atoms with E-state index in [9.17, 15) is 4.79 Å². The quantitative estimate of drug-likeness (QED) is 0.861. The van der Waals surface area contributed by atoms with E-state index in [-0.39, 0.29) is 5.91 Å². The lowest BCUT2D eigenvalue weighted by molar-refractivity contribution is 0.0706. The van der Waals surface area contributed by atoms with Gasteiger partial charge in [0.15, 0.2) is 0 Å². The molecule has 1 aromatic carbocycles. The summed E-state index contributed by atoms with van der Waals surface area (Å²) in [4.78, 5) is 14.9. The minimum atomic E-state index is 0.0457. The van der Waals surface area contributed by atoms with E-state index in [0.717, 1.165) is 49.7 Å². The molecule has 0 unspecified atom stereocenters. The summed E-state index contributed by atoms with van der Waals surface area (Å²) in [5.74, 6) is 0.940. The van der Waals surface area contributed by atoms with Crippen LogP contribution in [0.5, 0.6) is 0 Å². The van der Waals surface area contributed by atoms with Gasteiger partial charge in [0, 0.05) is 29.7 Å². The number of hydrogen-bond donors (Lipinski definition) is 2. The number of piperidine rings is 1. The highest BCUT2D eigenvalue weighted by atomic mass is 35.5. The monoisotopic (exact) mass is 358 g/mol. The molecule has 4 rings (SSSR count). The molecule has 1 aliphatic carbocycles. The van der Waals surface area contributed by atoms with Crippen LogP contribution < -0.4 is 5.32 Å². The summed E-state index contributed by atoms with van der Waals surface area (Å²) in [7, 11) is 0. The van der Waals surface area contributed by atoms with Gasteiger partial charge in [0.1, 0.15) is 0 Å². The largest absolute Gasteiger partial charge is 0.338 e. The van der Waals surface area contributed by atoms with Gasteiger partial charge < -0.3 is 10.2 Å². The fraction of sp³-hybridized carbons (Fsp3) is 0.474. The van der Waals surface area contributed by atoms with Crippen molar-refractivity contribution >= 4 is 17.5 Å². The summed E-state index contributed by atoms with van der Waals surface area (Å²) >= 11 is 6.08. The van der Waals surface area contributed by atoms with E-state index in [2.05, 4.69) is 15.5 Å². The molecule has 0 atom stereocenters. The summed E-state index contributed by atoms with van der Waals surface area (Å²) in [5.41, 5.74) is 2.24.